The Kier molecular flexibility index (Phi) is 5.07. The van der Waals surface area contributed by atoms with Crippen LogP contribution in [0.25, 0.3) is 0 Å². The van der Waals surface area contributed by atoms with E-state index in [-0.39, 0.29) is 6.61 Å². The Bertz CT molecular complexity index is 402. The molecule has 1 rings (SSSR count). The van der Waals surface area contributed by atoms with Gasteiger partial charge in [0.15, 0.2) is 12.2 Å². The molecule has 0 radical (unpaired) electrons. The van der Waals surface area contributed by atoms with Crippen LogP contribution in [0.2, 0.25) is 0 Å². The van der Waals surface area contributed by atoms with E-state index in [1.807, 2.05) is 0 Å². The van der Waals surface area contributed by atoms with Crippen molar-refractivity contribution in [2.75, 3.05) is 6.61 Å². The molecule has 0 saturated carbocycles. The standard InChI is InChI=1S/C12H18O8/c1-6(13)17-5-9-10(18-7(2)14)11(19-8(3)15)12(4,16)20-9/h9-11,16H,5H2,1-4H3/t9-,10-,11-,12?/m1/s1. The van der Waals surface area contributed by atoms with E-state index in [1.54, 1.807) is 0 Å². The van der Waals surface area contributed by atoms with E-state index in [0.717, 1.165) is 6.92 Å². The minimum atomic E-state index is -1.85. The predicted octanol–water partition coefficient (Wildman–Crippen LogP) is -0.480. The zero-order valence-electron chi connectivity index (χ0n) is 11.7. The van der Waals surface area contributed by atoms with Crippen molar-refractivity contribution >= 4 is 17.9 Å². The SMILES string of the molecule is CC(=O)OC[C@H]1OC(C)(O)[C@H](OC(C)=O)[C@@H]1OC(C)=O. The van der Waals surface area contributed by atoms with E-state index < -0.39 is 42.0 Å². The van der Waals surface area contributed by atoms with Gasteiger partial charge in [-0.25, -0.2) is 0 Å². The number of ether oxygens (including phenoxy) is 4. The topological polar surface area (TPSA) is 108 Å². The molecule has 0 aromatic rings. The van der Waals surface area contributed by atoms with Gasteiger partial charge in [-0.1, -0.05) is 0 Å². The van der Waals surface area contributed by atoms with Gasteiger partial charge >= 0.3 is 17.9 Å². The largest absolute Gasteiger partial charge is 0.463 e. The van der Waals surface area contributed by atoms with Crippen LogP contribution in [0, 0.1) is 0 Å². The van der Waals surface area contributed by atoms with E-state index in [1.165, 1.54) is 20.8 Å². The van der Waals surface area contributed by atoms with Gasteiger partial charge in [0.1, 0.15) is 12.7 Å². The van der Waals surface area contributed by atoms with Crippen LogP contribution in [0.4, 0.5) is 0 Å². The van der Waals surface area contributed by atoms with Gasteiger partial charge in [-0.2, -0.15) is 0 Å². The van der Waals surface area contributed by atoms with Gasteiger partial charge in [0.2, 0.25) is 5.79 Å². The van der Waals surface area contributed by atoms with Crippen molar-refractivity contribution in [3.8, 4) is 0 Å². The average molecular weight is 290 g/mol. The molecule has 114 valence electrons. The smallest absolute Gasteiger partial charge is 0.303 e. The molecule has 0 aromatic heterocycles. The molecule has 1 unspecified atom stereocenters. The molecule has 1 aliphatic heterocycles. The highest BCUT2D eigenvalue weighted by Crippen LogP contribution is 2.33. The van der Waals surface area contributed by atoms with Crippen LogP contribution >= 0.6 is 0 Å². The molecule has 1 aliphatic rings. The molecule has 0 amide bonds. The van der Waals surface area contributed by atoms with Gasteiger partial charge in [0.25, 0.3) is 0 Å². The highest BCUT2D eigenvalue weighted by Gasteiger charge is 2.56. The van der Waals surface area contributed by atoms with Gasteiger partial charge in [-0.15, -0.1) is 0 Å². The van der Waals surface area contributed by atoms with Crippen LogP contribution in [0.15, 0.2) is 0 Å². The summed E-state index contributed by atoms with van der Waals surface area (Å²) in [6.45, 7) is 4.56. The third-order valence-corrected chi connectivity index (χ3v) is 2.63. The maximum atomic E-state index is 11.1. The number of carbonyl (C=O) groups is 3. The normalized spacial score (nSPS) is 32.5. The summed E-state index contributed by atoms with van der Waals surface area (Å²) >= 11 is 0. The van der Waals surface area contributed by atoms with E-state index in [0.29, 0.717) is 0 Å². The summed E-state index contributed by atoms with van der Waals surface area (Å²) in [5.74, 6) is -3.70. The predicted molar refractivity (Wildman–Crippen MR) is 63.2 cm³/mol. The van der Waals surface area contributed by atoms with E-state index in [4.69, 9.17) is 18.9 Å². The molecule has 1 saturated heterocycles. The van der Waals surface area contributed by atoms with Crippen molar-refractivity contribution in [2.45, 2.75) is 51.8 Å². The average Bonchev–Trinajstić information content (AvgIpc) is 2.48. The molecule has 8 nitrogen and oxygen atoms in total. The third kappa shape index (κ3) is 4.17. The van der Waals surface area contributed by atoms with E-state index in [2.05, 4.69) is 0 Å². The molecule has 20 heavy (non-hydrogen) atoms. The maximum Gasteiger partial charge on any atom is 0.303 e. The van der Waals surface area contributed by atoms with Crippen LogP contribution in [0.3, 0.4) is 0 Å². The highest BCUT2D eigenvalue weighted by molar-refractivity contribution is 5.68. The second kappa shape index (κ2) is 6.19. The Morgan fingerprint density at radius 3 is 2.10 bits per heavy atom. The first-order valence-corrected chi connectivity index (χ1v) is 6.01. The van der Waals surface area contributed by atoms with Gasteiger partial charge in [0, 0.05) is 20.8 Å². The summed E-state index contributed by atoms with van der Waals surface area (Å²) in [6, 6.07) is 0. The molecule has 0 aliphatic carbocycles. The molecular weight excluding hydrogens is 272 g/mol. The van der Waals surface area contributed by atoms with Crippen molar-refractivity contribution in [1.82, 2.24) is 0 Å². The van der Waals surface area contributed by atoms with Crippen molar-refractivity contribution in [1.29, 1.82) is 0 Å². The second-order valence-corrected chi connectivity index (χ2v) is 4.62. The van der Waals surface area contributed by atoms with Gasteiger partial charge in [-0.05, 0) is 6.92 Å². The lowest BCUT2D eigenvalue weighted by molar-refractivity contribution is -0.227. The Hall–Kier alpha value is -1.67. The number of esters is 3. The van der Waals surface area contributed by atoms with Crippen molar-refractivity contribution in [3.05, 3.63) is 0 Å². The van der Waals surface area contributed by atoms with Crippen LogP contribution in [-0.4, -0.2) is 53.7 Å². The second-order valence-electron chi connectivity index (χ2n) is 4.62. The number of hydrogen-bond donors (Lipinski definition) is 1. The molecule has 1 N–H and O–H groups in total. The Morgan fingerprint density at radius 2 is 1.65 bits per heavy atom. The van der Waals surface area contributed by atoms with Crippen LogP contribution in [0.5, 0.6) is 0 Å². The van der Waals surface area contributed by atoms with Crippen LogP contribution in [-0.2, 0) is 33.3 Å². The van der Waals surface area contributed by atoms with Crippen molar-refractivity contribution in [3.63, 3.8) is 0 Å². The minimum absolute atomic E-state index is 0.235. The fraction of sp³-hybridized carbons (Fsp3) is 0.750. The summed E-state index contributed by atoms with van der Waals surface area (Å²) in [6.07, 6.45) is -3.20. The summed E-state index contributed by atoms with van der Waals surface area (Å²) in [7, 11) is 0. The monoisotopic (exact) mass is 290 g/mol. The highest BCUT2D eigenvalue weighted by atomic mass is 16.7. The Labute approximate surface area is 115 Å². The first kappa shape index (κ1) is 16.4. The Morgan fingerprint density at radius 1 is 1.10 bits per heavy atom. The van der Waals surface area contributed by atoms with Crippen LogP contribution < -0.4 is 0 Å². The van der Waals surface area contributed by atoms with Crippen LogP contribution in [0.1, 0.15) is 27.7 Å². The lowest BCUT2D eigenvalue weighted by Gasteiger charge is -2.25. The number of rotatable bonds is 4. The number of carbonyl (C=O) groups excluding carboxylic acids is 3. The van der Waals surface area contributed by atoms with Crippen molar-refractivity contribution in [2.24, 2.45) is 0 Å². The molecule has 8 heteroatoms. The first-order valence-electron chi connectivity index (χ1n) is 6.01. The fourth-order valence-electron chi connectivity index (χ4n) is 1.95. The Balaban J connectivity index is 2.90. The van der Waals surface area contributed by atoms with Crippen molar-refractivity contribution < 1.29 is 38.4 Å². The number of aliphatic hydroxyl groups is 1. The number of hydrogen-bond acceptors (Lipinski definition) is 8. The van der Waals surface area contributed by atoms with Gasteiger partial charge in [-0.3, -0.25) is 14.4 Å². The summed E-state index contributed by atoms with van der Waals surface area (Å²) in [5, 5.41) is 10.1. The van der Waals surface area contributed by atoms with E-state index in [9.17, 15) is 19.5 Å². The quantitative estimate of drug-likeness (QED) is 0.546. The summed E-state index contributed by atoms with van der Waals surface area (Å²) in [5.41, 5.74) is 0. The van der Waals surface area contributed by atoms with Gasteiger partial charge in [0.05, 0.1) is 0 Å². The minimum Gasteiger partial charge on any atom is -0.463 e. The zero-order valence-corrected chi connectivity index (χ0v) is 11.7. The van der Waals surface area contributed by atoms with Gasteiger partial charge < -0.3 is 24.1 Å². The molecule has 1 fully saturated rings. The molecule has 0 bridgehead atoms. The third-order valence-electron chi connectivity index (χ3n) is 2.63. The molecule has 4 atom stereocenters. The molecule has 0 aromatic carbocycles. The molecule has 1 heterocycles. The lowest BCUT2D eigenvalue weighted by atomic mass is 10.1. The molecule has 0 spiro atoms. The van der Waals surface area contributed by atoms with E-state index >= 15 is 0 Å². The molecular formula is C12H18O8. The lowest BCUT2D eigenvalue weighted by Crippen LogP contribution is -2.45. The zero-order chi connectivity index (χ0) is 15.5. The maximum absolute atomic E-state index is 11.1. The fourth-order valence-corrected chi connectivity index (χ4v) is 1.95. The summed E-state index contributed by atoms with van der Waals surface area (Å²) in [4.78, 5) is 33.0. The first-order chi connectivity index (χ1) is 9.13. The summed E-state index contributed by atoms with van der Waals surface area (Å²) < 4.78 is 20.0.